The minimum absolute atomic E-state index is 0.0495. The number of para-hydroxylation sites is 1. The van der Waals surface area contributed by atoms with Crippen LogP contribution in [0.25, 0.3) is 33.5 Å². The second-order valence-electron chi connectivity index (χ2n) is 13.0. The third-order valence-electron chi connectivity index (χ3n) is 9.34. The van der Waals surface area contributed by atoms with Crippen LogP contribution in [0.4, 0.5) is 18.0 Å². The first-order valence-corrected chi connectivity index (χ1v) is 17.2. The van der Waals surface area contributed by atoms with Gasteiger partial charge in [0.05, 0.1) is 12.1 Å². The third-order valence-corrected chi connectivity index (χ3v) is 9.34. The smallest absolute Gasteiger partial charge is 0.416 e. The number of nitrogens with zero attached hydrogens (tertiary/aromatic N) is 3. The zero-order valence-corrected chi connectivity index (χ0v) is 27.9. The Balaban J connectivity index is 1.26. The number of furan rings is 1. The number of unbranched alkanes of at least 4 members (excludes halogenated alkanes) is 3. The van der Waals surface area contributed by atoms with Crippen molar-refractivity contribution in [2.24, 2.45) is 0 Å². The SMILES string of the molecule is C=CCCCCC[C@H](NC(=O)OC1CCCC1)C(=O)N1C[C@H](Oc2nc(-c3ccc(C(F)(F)F)cc3)nc3c2oc2ccccc23)C[C@H]1C(=O)O. The number of benzene rings is 2. The van der Waals surface area contributed by atoms with E-state index in [2.05, 4.69) is 21.9 Å². The predicted molar refractivity (Wildman–Crippen MR) is 181 cm³/mol. The number of alkyl halides is 3. The molecule has 14 heteroatoms. The van der Waals surface area contributed by atoms with Gasteiger partial charge in [-0.15, -0.1) is 6.58 Å². The van der Waals surface area contributed by atoms with E-state index in [0.29, 0.717) is 22.9 Å². The Kier molecular flexibility index (Phi) is 10.8. The summed E-state index contributed by atoms with van der Waals surface area (Å²) in [5, 5.41) is 13.5. The molecular weight excluding hydrogens is 669 g/mol. The molecular formula is C37H39F3N4O7. The van der Waals surface area contributed by atoms with Crippen molar-refractivity contribution >= 4 is 40.0 Å². The number of carboxylic acids is 1. The first-order valence-electron chi connectivity index (χ1n) is 17.2. The maximum Gasteiger partial charge on any atom is 0.416 e. The standard InChI is InChI=1S/C37H39F3N4O7/c1-2-3-4-5-6-14-27(41-36(48)50-24-11-7-8-12-24)34(45)44-21-25(20-28(44)35(46)47)49-33-31-30(26-13-9-10-15-29(26)51-31)42-32(43-33)22-16-18-23(19-17-22)37(38,39)40/h2,9-10,13,15-19,24-25,27-28H,1,3-8,11-12,14,20-21H2,(H,41,48)(H,46,47)/t25-,27+,28+/m1/s1. The van der Waals surface area contributed by atoms with Crippen LogP contribution in [0.2, 0.25) is 0 Å². The van der Waals surface area contributed by atoms with Gasteiger partial charge in [-0.3, -0.25) is 4.79 Å². The van der Waals surface area contributed by atoms with E-state index >= 15 is 0 Å². The maximum absolute atomic E-state index is 14.0. The van der Waals surface area contributed by atoms with Crippen LogP contribution in [0, 0.1) is 0 Å². The molecule has 1 saturated carbocycles. The van der Waals surface area contributed by atoms with Crippen LogP contribution in [0.15, 0.2) is 65.6 Å². The molecule has 0 bridgehead atoms. The number of fused-ring (bicyclic) bond motifs is 3. The van der Waals surface area contributed by atoms with E-state index in [0.717, 1.165) is 57.1 Å². The highest BCUT2D eigenvalue weighted by Crippen LogP contribution is 2.37. The van der Waals surface area contributed by atoms with Crippen LogP contribution in [0.1, 0.15) is 69.8 Å². The van der Waals surface area contributed by atoms with Crippen molar-refractivity contribution in [3.63, 3.8) is 0 Å². The van der Waals surface area contributed by atoms with Gasteiger partial charge >= 0.3 is 18.2 Å². The van der Waals surface area contributed by atoms with Gasteiger partial charge in [0.1, 0.15) is 35.4 Å². The molecule has 6 rings (SSSR count). The van der Waals surface area contributed by atoms with Gasteiger partial charge in [-0.05, 0) is 69.2 Å². The van der Waals surface area contributed by atoms with Crippen molar-refractivity contribution in [3.8, 4) is 17.3 Å². The summed E-state index contributed by atoms with van der Waals surface area (Å²) in [7, 11) is 0. The van der Waals surface area contributed by atoms with Gasteiger partial charge in [-0.25, -0.2) is 14.6 Å². The number of alkyl carbamates (subject to hydrolysis) is 1. The summed E-state index contributed by atoms with van der Waals surface area (Å²) in [5.74, 6) is -1.79. The topological polar surface area (TPSA) is 144 Å². The van der Waals surface area contributed by atoms with Gasteiger partial charge in [0.25, 0.3) is 5.88 Å². The molecule has 4 aromatic rings. The number of ether oxygens (including phenoxy) is 2. The summed E-state index contributed by atoms with van der Waals surface area (Å²) < 4.78 is 57.7. The van der Waals surface area contributed by atoms with Crippen molar-refractivity contribution in [2.45, 2.75) is 94.7 Å². The second kappa shape index (κ2) is 15.4. The zero-order valence-electron chi connectivity index (χ0n) is 27.9. The minimum Gasteiger partial charge on any atom is -0.480 e. The van der Waals surface area contributed by atoms with Crippen molar-refractivity contribution in [2.75, 3.05) is 6.54 Å². The normalized spacial score (nSPS) is 18.6. The number of carbonyl (C=O) groups excluding carboxylic acids is 2. The number of aromatic nitrogens is 2. The van der Waals surface area contributed by atoms with Crippen molar-refractivity contribution in [1.29, 1.82) is 0 Å². The highest BCUT2D eigenvalue weighted by Gasteiger charge is 2.44. The average Bonchev–Trinajstić information content (AvgIpc) is 3.86. The fraction of sp³-hybridized carbons (Fsp3) is 0.432. The van der Waals surface area contributed by atoms with E-state index < -0.39 is 47.9 Å². The van der Waals surface area contributed by atoms with Crippen LogP contribution in [0.5, 0.6) is 5.88 Å². The number of likely N-dealkylation sites (tertiary alicyclic amines) is 1. The third kappa shape index (κ3) is 8.26. The van der Waals surface area contributed by atoms with Gasteiger partial charge in [0.15, 0.2) is 5.82 Å². The first-order chi connectivity index (χ1) is 24.5. The Morgan fingerprint density at radius 2 is 1.78 bits per heavy atom. The molecule has 3 atom stereocenters. The average molecular weight is 709 g/mol. The molecule has 0 spiro atoms. The number of carboxylic acid groups (broad SMARTS) is 1. The van der Waals surface area contributed by atoms with Crippen LogP contribution >= 0.6 is 0 Å². The lowest BCUT2D eigenvalue weighted by atomic mass is 10.1. The van der Waals surface area contributed by atoms with Gasteiger partial charge < -0.3 is 29.2 Å². The number of nitrogens with one attached hydrogen (secondary N) is 1. The Morgan fingerprint density at radius 1 is 1.04 bits per heavy atom. The van der Waals surface area contributed by atoms with Crippen molar-refractivity contribution < 1.29 is 46.6 Å². The minimum atomic E-state index is -4.53. The molecule has 2 aromatic heterocycles. The van der Waals surface area contributed by atoms with Crippen LogP contribution in [-0.2, 0) is 20.5 Å². The number of hydrogen-bond acceptors (Lipinski definition) is 8. The number of rotatable bonds is 13. The van der Waals surface area contributed by atoms with Crippen LogP contribution in [-0.4, -0.2) is 68.8 Å². The fourth-order valence-corrected chi connectivity index (χ4v) is 6.71. The molecule has 0 unspecified atom stereocenters. The van der Waals surface area contributed by atoms with Gasteiger partial charge in [-0.1, -0.05) is 43.2 Å². The number of amides is 2. The van der Waals surface area contributed by atoms with Gasteiger partial charge in [0.2, 0.25) is 11.5 Å². The number of carbonyl (C=O) groups is 3. The van der Waals surface area contributed by atoms with Crippen LogP contribution in [0.3, 0.4) is 0 Å². The van der Waals surface area contributed by atoms with E-state index in [1.165, 1.54) is 17.0 Å². The monoisotopic (exact) mass is 708 g/mol. The molecule has 1 aliphatic carbocycles. The second-order valence-corrected chi connectivity index (χ2v) is 13.0. The molecule has 2 aliphatic rings. The number of halogens is 3. The van der Waals surface area contributed by atoms with E-state index in [4.69, 9.17) is 13.9 Å². The molecule has 2 fully saturated rings. The van der Waals surface area contributed by atoms with Crippen molar-refractivity contribution in [1.82, 2.24) is 20.2 Å². The van der Waals surface area contributed by atoms with E-state index in [9.17, 15) is 32.7 Å². The van der Waals surface area contributed by atoms with E-state index in [1.54, 1.807) is 24.3 Å². The number of aliphatic carboxylic acids is 1. The molecule has 1 aliphatic heterocycles. The summed E-state index contributed by atoms with van der Waals surface area (Å²) in [6.07, 6.45) is 2.15. The van der Waals surface area contributed by atoms with Gasteiger partial charge in [0, 0.05) is 17.4 Å². The summed E-state index contributed by atoms with van der Waals surface area (Å²) in [4.78, 5) is 49.7. The molecule has 2 aromatic carbocycles. The predicted octanol–water partition coefficient (Wildman–Crippen LogP) is 7.67. The van der Waals surface area contributed by atoms with Crippen LogP contribution < -0.4 is 10.1 Å². The summed E-state index contributed by atoms with van der Waals surface area (Å²) >= 11 is 0. The summed E-state index contributed by atoms with van der Waals surface area (Å²) in [6.45, 7) is 3.59. The summed E-state index contributed by atoms with van der Waals surface area (Å²) in [6, 6.07) is 9.14. The lowest BCUT2D eigenvalue weighted by Gasteiger charge is -2.27. The molecule has 11 nitrogen and oxygen atoms in total. The Bertz CT molecular complexity index is 1890. The fourth-order valence-electron chi connectivity index (χ4n) is 6.71. The highest BCUT2D eigenvalue weighted by molar-refractivity contribution is 6.04. The lowest BCUT2D eigenvalue weighted by Crippen LogP contribution is -2.52. The maximum atomic E-state index is 14.0. The molecule has 3 heterocycles. The molecule has 1 saturated heterocycles. The van der Waals surface area contributed by atoms with E-state index in [-0.39, 0.29) is 48.3 Å². The Hall–Kier alpha value is -5.14. The quantitative estimate of drug-likeness (QED) is 0.106. The van der Waals surface area contributed by atoms with E-state index in [1.807, 2.05) is 6.08 Å². The molecule has 2 N–H and O–H groups in total. The lowest BCUT2D eigenvalue weighted by molar-refractivity contribution is -0.149. The highest BCUT2D eigenvalue weighted by atomic mass is 19.4. The number of hydrogen-bond donors (Lipinski definition) is 2. The molecule has 0 radical (unpaired) electrons. The Labute approximate surface area is 291 Å². The largest absolute Gasteiger partial charge is 0.480 e. The number of allylic oxidation sites excluding steroid dienone is 1. The first kappa shape index (κ1) is 35.7. The summed E-state index contributed by atoms with van der Waals surface area (Å²) in [5.41, 5.74) is 0.446. The zero-order chi connectivity index (χ0) is 36.1. The van der Waals surface area contributed by atoms with Gasteiger partial charge in [-0.2, -0.15) is 18.2 Å². The Morgan fingerprint density at radius 3 is 2.49 bits per heavy atom. The molecule has 270 valence electrons. The van der Waals surface area contributed by atoms with Crippen molar-refractivity contribution in [3.05, 3.63) is 66.7 Å². The molecule has 2 amide bonds. The molecule has 51 heavy (non-hydrogen) atoms.